The summed E-state index contributed by atoms with van der Waals surface area (Å²) in [4.78, 5) is 2.31. The van der Waals surface area contributed by atoms with Crippen molar-refractivity contribution in [2.24, 2.45) is 5.73 Å². The number of nitrogens with zero attached hydrogens (tertiary/aromatic N) is 1. The van der Waals surface area contributed by atoms with Gasteiger partial charge in [-0.25, -0.2) is 0 Å². The molecule has 2 saturated heterocycles. The molecule has 17 heavy (non-hydrogen) atoms. The molecule has 5 heteroatoms. The number of nitrogens with one attached hydrogen (secondary N) is 1. The fourth-order valence-corrected chi connectivity index (χ4v) is 2.72. The smallest absolute Gasteiger partial charge is 0.0951 e. The zero-order valence-electron chi connectivity index (χ0n) is 10.6. The summed E-state index contributed by atoms with van der Waals surface area (Å²) in [6.07, 6.45) is 3.78. The van der Waals surface area contributed by atoms with Gasteiger partial charge in [-0.05, 0) is 19.9 Å². The number of hydrogen-bond donors (Lipinski definition) is 2. The zero-order valence-corrected chi connectivity index (χ0v) is 10.6. The van der Waals surface area contributed by atoms with Gasteiger partial charge in [0.2, 0.25) is 0 Å². The highest BCUT2D eigenvalue weighted by molar-refractivity contribution is 5.76. The summed E-state index contributed by atoms with van der Waals surface area (Å²) in [5.41, 5.74) is 5.36. The minimum atomic E-state index is -0.0343. The first-order chi connectivity index (χ1) is 8.11. The molecule has 2 fully saturated rings. The van der Waals surface area contributed by atoms with Gasteiger partial charge >= 0.3 is 0 Å². The van der Waals surface area contributed by atoms with Gasteiger partial charge in [-0.2, -0.15) is 0 Å². The molecule has 0 saturated carbocycles. The van der Waals surface area contributed by atoms with Crippen LogP contribution in [-0.4, -0.2) is 55.8 Å². The molecule has 0 radical (unpaired) electrons. The third kappa shape index (κ3) is 3.18. The largest absolute Gasteiger partial charge is 0.388 e. The van der Waals surface area contributed by atoms with Crippen molar-refractivity contribution in [1.29, 1.82) is 5.41 Å². The zero-order chi connectivity index (χ0) is 12.3. The van der Waals surface area contributed by atoms with Crippen molar-refractivity contribution in [3.63, 3.8) is 0 Å². The highest BCUT2D eigenvalue weighted by atomic mass is 16.6. The van der Waals surface area contributed by atoms with E-state index < -0.39 is 0 Å². The predicted molar refractivity (Wildman–Crippen MR) is 66.3 cm³/mol. The molecule has 5 nitrogen and oxygen atoms in total. The number of amidine groups is 1. The van der Waals surface area contributed by atoms with Crippen molar-refractivity contribution in [1.82, 2.24) is 4.90 Å². The predicted octanol–water partition coefficient (Wildman–Crippen LogP) is 0.582. The summed E-state index contributed by atoms with van der Waals surface area (Å²) in [5.74, 6) is 0.267. The first kappa shape index (κ1) is 12.8. The van der Waals surface area contributed by atoms with Gasteiger partial charge in [-0.15, -0.1) is 0 Å². The Morgan fingerprint density at radius 2 is 2.35 bits per heavy atom. The van der Waals surface area contributed by atoms with Gasteiger partial charge in [0.05, 0.1) is 18.0 Å². The van der Waals surface area contributed by atoms with E-state index in [4.69, 9.17) is 20.6 Å². The van der Waals surface area contributed by atoms with Crippen molar-refractivity contribution in [2.75, 3.05) is 33.4 Å². The monoisotopic (exact) mass is 241 g/mol. The Kier molecular flexibility index (Phi) is 4.01. The van der Waals surface area contributed by atoms with Crippen LogP contribution in [0.4, 0.5) is 0 Å². The van der Waals surface area contributed by atoms with Crippen LogP contribution in [0.15, 0.2) is 0 Å². The molecule has 2 atom stereocenters. The second-order valence-corrected chi connectivity index (χ2v) is 5.24. The molecule has 0 aromatic carbocycles. The van der Waals surface area contributed by atoms with Crippen molar-refractivity contribution in [2.45, 2.75) is 37.3 Å². The van der Waals surface area contributed by atoms with E-state index in [1.807, 2.05) is 0 Å². The van der Waals surface area contributed by atoms with Crippen LogP contribution in [-0.2, 0) is 9.47 Å². The van der Waals surface area contributed by atoms with Crippen LogP contribution in [0.3, 0.4) is 0 Å². The summed E-state index contributed by atoms with van der Waals surface area (Å²) in [6.45, 7) is 3.24. The van der Waals surface area contributed by atoms with Crippen LogP contribution in [0.2, 0.25) is 0 Å². The van der Waals surface area contributed by atoms with Gasteiger partial charge in [-0.3, -0.25) is 5.41 Å². The fourth-order valence-electron chi connectivity index (χ4n) is 2.72. The Morgan fingerprint density at radius 1 is 1.53 bits per heavy atom. The molecular weight excluding hydrogens is 218 g/mol. The van der Waals surface area contributed by atoms with Gasteiger partial charge in [0.1, 0.15) is 0 Å². The summed E-state index contributed by atoms with van der Waals surface area (Å²) >= 11 is 0. The molecule has 3 N–H and O–H groups in total. The lowest BCUT2D eigenvalue weighted by Crippen LogP contribution is -2.48. The van der Waals surface area contributed by atoms with Crippen LogP contribution in [0.25, 0.3) is 0 Å². The lowest BCUT2D eigenvalue weighted by Gasteiger charge is -2.40. The van der Waals surface area contributed by atoms with E-state index in [0.717, 1.165) is 45.6 Å². The quantitative estimate of drug-likeness (QED) is 0.558. The molecule has 2 unspecified atom stereocenters. The van der Waals surface area contributed by atoms with Crippen LogP contribution >= 0.6 is 0 Å². The number of ether oxygens (including phenoxy) is 2. The minimum Gasteiger partial charge on any atom is -0.388 e. The Balaban J connectivity index is 1.85. The van der Waals surface area contributed by atoms with Crippen molar-refractivity contribution in [3.05, 3.63) is 0 Å². The maximum atomic E-state index is 7.27. The molecule has 0 bridgehead atoms. The maximum Gasteiger partial charge on any atom is 0.0951 e. The maximum absolute atomic E-state index is 7.27. The summed E-state index contributed by atoms with van der Waals surface area (Å²) in [6, 6.07) is 0.532. The van der Waals surface area contributed by atoms with Crippen molar-refractivity contribution < 1.29 is 9.47 Å². The van der Waals surface area contributed by atoms with E-state index in [2.05, 4.69) is 11.9 Å². The topological polar surface area (TPSA) is 71.6 Å². The van der Waals surface area contributed by atoms with E-state index >= 15 is 0 Å². The highest BCUT2D eigenvalue weighted by Crippen LogP contribution is 2.34. The Morgan fingerprint density at radius 3 is 3.00 bits per heavy atom. The molecule has 2 rings (SSSR count). The van der Waals surface area contributed by atoms with E-state index in [1.54, 1.807) is 0 Å². The summed E-state index contributed by atoms with van der Waals surface area (Å²) < 4.78 is 11.4. The molecule has 0 amide bonds. The molecule has 2 aliphatic rings. The Bertz CT molecular complexity index is 277. The van der Waals surface area contributed by atoms with E-state index in [0.29, 0.717) is 12.5 Å². The van der Waals surface area contributed by atoms with Crippen molar-refractivity contribution >= 4 is 5.84 Å². The van der Waals surface area contributed by atoms with Gasteiger partial charge in [0.15, 0.2) is 0 Å². The SMILES string of the molecule is CN(CCC(=N)N)C1CCOC2(CCOC2)C1. The van der Waals surface area contributed by atoms with Crippen LogP contribution in [0.5, 0.6) is 0 Å². The first-order valence-corrected chi connectivity index (χ1v) is 6.36. The molecule has 0 aromatic heterocycles. The average Bonchev–Trinajstić information content (AvgIpc) is 2.74. The fraction of sp³-hybridized carbons (Fsp3) is 0.917. The lowest BCUT2D eigenvalue weighted by molar-refractivity contribution is -0.103. The highest BCUT2D eigenvalue weighted by Gasteiger charge is 2.41. The standard InChI is InChI=1S/C12H23N3O2/c1-15(5-2-11(13)14)10-3-6-17-12(8-10)4-7-16-9-12/h10H,2-9H2,1H3,(H3,13,14). The van der Waals surface area contributed by atoms with E-state index in [9.17, 15) is 0 Å². The van der Waals surface area contributed by atoms with Gasteiger partial charge in [0.25, 0.3) is 0 Å². The normalized spacial score (nSPS) is 33.4. The average molecular weight is 241 g/mol. The summed E-state index contributed by atoms with van der Waals surface area (Å²) in [5, 5.41) is 7.27. The van der Waals surface area contributed by atoms with E-state index in [-0.39, 0.29) is 11.4 Å². The molecule has 2 heterocycles. The molecule has 0 aromatic rings. The first-order valence-electron chi connectivity index (χ1n) is 6.36. The molecular formula is C12H23N3O2. The third-order valence-electron chi connectivity index (χ3n) is 3.89. The molecule has 98 valence electrons. The molecule has 0 aliphatic carbocycles. The van der Waals surface area contributed by atoms with Crippen LogP contribution in [0.1, 0.15) is 25.7 Å². The summed E-state index contributed by atoms with van der Waals surface area (Å²) in [7, 11) is 2.11. The molecule has 1 spiro atoms. The van der Waals surface area contributed by atoms with Gasteiger partial charge in [-0.1, -0.05) is 0 Å². The lowest BCUT2D eigenvalue weighted by atomic mass is 9.89. The second-order valence-electron chi connectivity index (χ2n) is 5.24. The van der Waals surface area contributed by atoms with Gasteiger partial charge < -0.3 is 20.1 Å². The van der Waals surface area contributed by atoms with Crippen LogP contribution in [0, 0.1) is 5.41 Å². The number of hydrogen-bond acceptors (Lipinski definition) is 4. The molecule has 2 aliphatic heterocycles. The van der Waals surface area contributed by atoms with E-state index in [1.165, 1.54) is 0 Å². The number of rotatable bonds is 4. The third-order valence-corrected chi connectivity index (χ3v) is 3.89. The number of nitrogens with two attached hydrogens (primary N) is 1. The van der Waals surface area contributed by atoms with Crippen molar-refractivity contribution in [3.8, 4) is 0 Å². The van der Waals surface area contributed by atoms with Gasteiger partial charge in [0, 0.05) is 38.6 Å². The Labute approximate surface area is 103 Å². The Hall–Kier alpha value is -0.650. The second kappa shape index (κ2) is 5.33. The minimum absolute atomic E-state index is 0.0343. The van der Waals surface area contributed by atoms with Crippen LogP contribution < -0.4 is 5.73 Å².